The number of rotatable bonds is 26. The molecule has 0 aromatic heterocycles. The Hall–Kier alpha value is -2.65. The fraction of sp³-hybridized carbons (Fsp3) is 0.828. The average molecular weight is 559 g/mol. The van der Waals surface area contributed by atoms with E-state index in [4.69, 9.17) is 24.1 Å². The lowest BCUT2D eigenvalue weighted by molar-refractivity contribution is -0.148. The SMILES string of the molecule is CCC(C)C(=O)OCCCCCC(=O)OCCCCCC(=O)OCCCCCC(=O)OCCCCCC(=O)O. The standard InChI is InChI=1S/C29H50O10/c1-3-24(2)29(35)39-23-15-7-11-19-28(34)38-22-14-6-10-18-27(33)37-21-13-5-9-17-26(32)36-20-12-4-8-16-25(30)31/h24H,3-23H2,1-2H3,(H,30,31). The topological polar surface area (TPSA) is 143 Å². The molecular formula is C29H50O10. The molecule has 0 fully saturated rings. The lowest BCUT2D eigenvalue weighted by Crippen LogP contribution is -2.14. The summed E-state index contributed by atoms with van der Waals surface area (Å²) in [4.78, 5) is 57.2. The molecule has 0 bridgehead atoms. The van der Waals surface area contributed by atoms with Crippen LogP contribution in [-0.2, 0) is 42.9 Å². The van der Waals surface area contributed by atoms with E-state index in [1.54, 1.807) is 0 Å². The van der Waals surface area contributed by atoms with Gasteiger partial charge in [-0.05, 0) is 83.5 Å². The van der Waals surface area contributed by atoms with Crippen LogP contribution in [0.4, 0.5) is 0 Å². The Morgan fingerprint density at radius 1 is 0.513 bits per heavy atom. The second-order valence-electron chi connectivity index (χ2n) is 9.77. The third-order valence-corrected chi connectivity index (χ3v) is 6.16. The van der Waals surface area contributed by atoms with Crippen molar-refractivity contribution in [2.45, 2.75) is 123 Å². The molecule has 1 N–H and O–H groups in total. The molecule has 0 rings (SSSR count). The van der Waals surface area contributed by atoms with Gasteiger partial charge in [0.2, 0.25) is 0 Å². The number of hydrogen-bond donors (Lipinski definition) is 1. The first kappa shape index (κ1) is 36.4. The maximum absolute atomic E-state index is 11.8. The molecule has 0 amide bonds. The van der Waals surface area contributed by atoms with Crippen molar-refractivity contribution in [1.82, 2.24) is 0 Å². The second-order valence-corrected chi connectivity index (χ2v) is 9.77. The molecule has 0 aromatic rings. The minimum Gasteiger partial charge on any atom is -0.481 e. The molecule has 0 spiro atoms. The van der Waals surface area contributed by atoms with Gasteiger partial charge in [0.25, 0.3) is 0 Å². The molecule has 0 aliphatic carbocycles. The van der Waals surface area contributed by atoms with Gasteiger partial charge in [-0.3, -0.25) is 24.0 Å². The zero-order valence-corrected chi connectivity index (χ0v) is 24.0. The van der Waals surface area contributed by atoms with Gasteiger partial charge >= 0.3 is 29.8 Å². The summed E-state index contributed by atoms with van der Waals surface area (Å²) >= 11 is 0. The molecule has 0 aromatic carbocycles. The first-order valence-electron chi connectivity index (χ1n) is 14.6. The molecule has 0 radical (unpaired) electrons. The van der Waals surface area contributed by atoms with Gasteiger partial charge in [0.05, 0.1) is 32.3 Å². The highest BCUT2D eigenvalue weighted by atomic mass is 16.5. The van der Waals surface area contributed by atoms with Crippen molar-refractivity contribution in [3.63, 3.8) is 0 Å². The normalized spacial score (nSPS) is 11.4. The number of unbranched alkanes of at least 4 members (excludes halogenated alkanes) is 8. The number of esters is 4. The summed E-state index contributed by atoms with van der Waals surface area (Å²) in [7, 11) is 0. The van der Waals surface area contributed by atoms with Crippen molar-refractivity contribution in [1.29, 1.82) is 0 Å². The van der Waals surface area contributed by atoms with Gasteiger partial charge in [-0.25, -0.2) is 0 Å². The summed E-state index contributed by atoms with van der Waals surface area (Å²) in [6.45, 7) is 5.17. The Balaban J connectivity index is 3.44. The van der Waals surface area contributed by atoms with E-state index in [1.165, 1.54) is 0 Å². The van der Waals surface area contributed by atoms with Crippen molar-refractivity contribution in [3.05, 3.63) is 0 Å². The molecule has 226 valence electrons. The van der Waals surface area contributed by atoms with E-state index < -0.39 is 5.97 Å². The van der Waals surface area contributed by atoms with Crippen molar-refractivity contribution in [2.75, 3.05) is 26.4 Å². The summed E-state index contributed by atoms with van der Waals surface area (Å²) < 4.78 is 20.7. The highest BCUT2D eigenvalue weighted by Gasteiger charge is 2.11. The Bertz CT molecular complexity index is 692. The highest BCUT2D eigenvalue weighted by molar-refractivity contribution is 5.72. The third kappa shape index (κ3) is 25.4. The Kier molecular flexibility index (Phi) is 23.9. The minimum absolute atomic E-state index is 0.0751. The average Bonchev–Trinajstić information content (AvgIpc) is 2.91. The van der Waals surface area contributed by atoms with Gasteiger partial charge in [-0.2, -0.15) is 0 Å². The molecule has 0 aliphatic heterocycles. The van der Waals surface area contributed by atoms with Crippen LogP contribution in [-0.4, -0.2) is 61.4 Å². The van der Waals surface area contributed by atoms with Gasteiger partial charge in [0, 0.05) is 25.7 Å². The van der Waals surface area contributed by atoms with Crippen molar-refractivity contribution in [2.24, 2.45) is 5.92 Å². The van der Waals surface area contributed by atoms with Crippen LogP contribution in [0.3, 0.4) is 0 Å². The van der Waals surface area contributed by atoms with Gasteiger partial charge in [-0.15, -0.1) is 0 Å². The number of ether oxygens (including phenoxy) is 4. The molecule has 0 saturated heterocycles. The van der Waals surface area contributed by atoms with Crippen molar-refractivity contribution < 1.29 is 48.0 Å². The van der Waals surface area contributed by atoms with Crippen LogP contribution >= 0.6 is 0 Å². The summed E-state index contributed by atoms with van der Waals surface area (Å²) in [6, 6.07) is 0. The smallest absolute Gasteiger partial charge is 0.308 e. The first-order valence-corrected chi connectivity index (χ1v) is 14.6. The number of carboxylic acids is 1. The summed E-state index contributed by atoms with van der Waals surface area (Å²) in [5, 5.41) is 8.55. The van der Waals surface area contributed by atoms with E-state index in [0.29, 0.717) is 90.6 Å². The van der Waals surface area contributed by atoms with E-state index >= 15 is 0 Å². The number of carbonyl (C=O) groups excluding carboxylic acids is 4. The molecule has 0 heterocycles. The van der Waals surface area contributed by atoms with Gasteiger partial charge < -0.3 is 24.1 Å². The largest absolute Gasteiger partial charge is 0.481 e. The molecule has 0 aliphatic rings. The maximum atomic E-state index is 11.8. The first-order chi connectivity index (χ1) is 18.8. The molecule has 0 saturated carbocycles. The zero-order chi connectivity index (χ0) is 29.1. The van der Waals surface area contributed by atoms with E-state index in [-0.39, 0.29) is 36.2 Å². The predicted molar refractivity (Wildman–Crippen MR) is 145 cm³/mol. The summed E-state index contributed by atoms with van der Waals surface area (Å²) in [6.07, 6.45) is 10.4. The van der Waals surface area contributed by atoms with Crippen molar-refractivity contribution in [3.8, 4) is 0 Å². The van der Waals surface area contributed by atoms with E-state index in [1.807, 2.05) is 13.8 Å². The molecule has 1 atom stereocenters. The van der Waals surface area contributed by atoms with Crippen LogP contribution in [0.5, 0.6) is 0 Å². The maximum Gasteiger partial charge on any atom is 0.308 e. The van der Waals surface area contributed by atoms with Crippen LogP contribution in [0.1, 0.15) is 123 Å². The fourth-order valence-electron chi connectivity index (χ4n) is 3.46. The highest BCUT2D eigenvalue weighted by Crippen LogP contribution is 2.08. The fourth-order valence-corrected chi connectivity index (χ4v) is 3.46. The van der Waals surface area contributed by atoms with E-state index in [9.17, 15) is 24.0 Å². The molecular weight excluding hydrogens is 508 g/mol. The van der Waals surface area contributed by atoms with Gasteiger partial charge in [0.15, 0.2) is 0 Å². The number of aliphatic carboxylic acids is 1. The molecule has 10 heteroatoms. The van der Waals surface area contributed by atoms with E-state index in [0.717, 1.165) is 38.5 Å². The second kappa shape index (κ2) is 25.6. The van der Waals surface area contributed by atoms with Crippen LogP contribution in [0.2, 0.25) is 0 Å². The van der Waals surface area contributed by atoms with Crippen LogP contribution in [0, 0.1) is 5.92 Å². The zero-order valence-electron chi connectivity index (χ0n) is 24.0. The van der Waals surface area contributed by atoms with Crippen LogP contribution < -0.4 is 0 Å². The number of carboxylic acid groups (broad SMARTS) is 1. The minimum atomic E-state index is -0.813. The lowest BCUT2D eigenvalue weighted by atomic mass is 10.1. The summed E-state index contributed by atoms with van der Waals surface area (Å²) in [5.41, 5.74) is 0. The Labute approximate surface area is 233 Å². The molecule has 1 unspecified atom stereocenters. The predicted octanol–water partition coefficient (Wildman–Crippen LogP) is 5.53. The Morgan fingerprint density at radius 2 is 0.846 bits per heavy atom. The third-order valence-electron chi connectivity index (χ3n) is 6.16. The van der Waals surface area contributed by atoms with Gasteiger partial charge in [-0.1, -0.05) is 13.8 Å². The molecule has 10 nitrogen and oxygen atoms in total. The van der Waals surface area contributed by atoms with Crippen molar-refractivity contribution >= 4 is 29.8 Å². The quantitative estimate of drug-likeness (QED) is 0.0817. The lowest BCUT2D eigenvalue weighted by Gasteiger charge is -2.09. The number of hydrogen-bond acceptors (Lipinski definition) is 9. The van der Waals surface area contributed by atoms with Crippen LogP contribution in [0.15, 0.2) is 0 Å². The van der Waals surface area contributed by atoms with Crippen LogP contribution in [0.25, 0.3) is 0 Å². The number of carbonyl (C=O) groups is 5. The van der Waals surface area contributed by atoms with E-state index in [2.05, 4.69) is 0 Å². The van der Waals surface area contributed by atoms with Gasteiger partial charge in [0.1, 0.15) is 0 Å². The molecule has 39 heavy (non-hydrogen) atoms. The summed E-state index contributed by atoms with van der Waals surface area (Å²) in [5.74, 6) is -1.79. The monoisotopic (exact) mass is 558 g/mol. The Morgan fingerprint density at radius 3 is 1.18 bits per heavy atom.